The molecule has 0 radical (unpaired) electrons. The topological polar surface area (TPSA) is 18.5 Å². The van der Waals surface area contributed by atoms with E-state index >= 15 is 0 Å². The standard InChI is InChI=1S/C8H18O2/c1-4-8(7-10-3)5-6-9-2/h8H,4-7H2,1-3H3/t8-/m1/s1. The predicted molar refractivity (Wildman–Crippen MR) is 42.2 cm³/mol. The molecule has 0 saturated heterocycles. The highest BCUT2D eigenvalue weighted by molar-refractivity contribution is 4.54. The Morgan fingerprint density at radius 3 is 2.30 bits per heavy atom. The molecule has 10 heavy (non-hydrogen) atoms. The largest absolute Gasteiger partial charge is 0.385 e. The molecule has 0 aliphatic heterocycles. The molecule has 0 rings (SSSR count). The van der Waals surface area contributed by atoms with Crippen LogP contribution in [0.3, 0.4) is 0 Å². The fraction of sp³-hybridized carbons (Fsp3) is 1.00. The Balaban J connectivity index is 3.21. The number of hydrogen-bond donors (Lipinski definition) is 0. The van der Waals surface area contributed by atoms with Gasteiger partial charge in [0.15, 0.2) is 0 Å². The average molecular weight is 146 g/mol. The number of hydrogen-bond acceptors (Lipinski definition) is 2. The van der Waals surface area contributed by atoms with Gasteiger partial charge in [0.25, 0.3) is 0 Å². The molecule has 1 atom stereocenters. The summed E-state index contributed by atoms with van der Waals surface area (Å²) in [4.78, 5) is 0. The molecule has 0 aromatic rings. The van der Waals surface area contributed by atoms with Crippen molar-refractivity contribution < 1.29 is 9.47 Å². The minimum absolute atomic E-state index is 0.671. The smallest absolute Gasteiger partial charge is 0.0491 e. The summed E-state index contributed by atoms with van der Waals surface area (Å²) in [6.07, 6.45) is 2.29. The van der Waals surface area contributed by atoms with Gasteiger partial charge in [-0.2, -0.15) is 0 Å². The van der Waals surface area contributed by atoms with Gasteiger partial charge in [-0.05, 0) is 12.3 Å². The van der Waals surface area contributed by atoms with E-state index in [2.05, 4.69) is 6.92 Å². The quantitative estimate of drug-likeness (QED) is 0.567. The molecule has 0 aliphatic rings. The Morgan fingerprint density at radius 2 is 1.90 bits per heavy atom. The van der Waals surface area contributed by atoms with Crippen molar-refractivity contribution in [1.82, 2.24) is 0 Å². The summed E-state index contributed by atoms with van der Waals surface area (Å²) in [5, 5.41) is 0. The molecular formula is C8H18O2. The maximum Gasteiger partial charge on any atom is 0.0491 e. The van der Waals surface area contributed by atoms with Crippen LogP contribution in [0.15, 0.2) is 0 Å². The lowest BCUT2D eigenvalue weighted by atomic mass is 10.0. The van der Waals surface area contributed by atoms with Crippen LogP contribution in [0.25, 0.3) is 0 Å². The molecule has 2 nitrogen and oxygen atoms in total. The van der Waals surface area contributed by atoms with Crippen LogP contribution in [0.1, 0.15) is 19.8 Å². The monoisotopic (exact) mass is 146 g/mol. The van der Waals surface area contributed by atoms with E-state index in [0.29, 0.717) is 5.92 Å². The summed E-state index contributed by atoms with van der Waals surface area (Å²) >= 11 is 0. The van der Waals surface area contributed by atoms with Gasteiger partial charge in [0, 0.05) is 27.4 Å². The van der Waals surface area contributed by atoms with Gasteiger partial charge >= 0.3 is 0 Å². The molecule has 0 aliphatic carbocycles. The normalized spacial score (nSPS) is 13.5. The maximum atomic E-state index is 5.04. The van der Waals surface area contributed by atoms with Crippen LogP contribution < -0.4 is 0 Å². The first kappa shape index (κ1) is 9.92. The van der Waals surface area contributed by atoms with E-state index in [0.717, 1.165) is 19.6 Å². The Morgan fingerprint density at radius 1 is 1.20 bits per heavy atom. The van der Waals surface area contributed by atoms with Gasteiger partial charge in [0.05, 0.1) is 0 Å². The summed E-state index contributed by atoms with van der Waals surface area (Å²) in [6.45, 7) is 3.89. The fourth-order valence-corrected chi connectivity index (χ4v) is 0.926. The van der Waals surface area contributed by atoms with Gasteiger partial charge in [-0.3, -0.25) is 0 Å². The van der Waals surface area contributed by atoms with Gasteiger partial charge in [0.1, 0.15) is 0 Å². The number of rotatable bonds is 6. The lowest BCUT2D eigenvalue weighted by Crippen LogP contribution is -2.09. The summed E-state index contributed by atoms with van der Waals surface area (Å²) in [7, 11) is 3.48. The summed E-state index contributed by atoms with van der Waals surface area (Å²) in [5.74, 6) is 0.671. The van der Waals surface area contributed by atoms with Crippen LogP contribution in [0.2, 0.25) is 0 Å². The van der Waals surface area contributed by atoms with Crippen LogP contribution in [0, 0.1) is 5.92 Å². The number of methoxy groups -OCH3 is 2. The van der Waals surface area contributed by atoms with E-state index in [1.54, 1.807) is 14.2 Å². The zero-order valence-electron chi connectivity index (χ0n) is 7.22. The molecule has 0 bridgehead atoms. The minimum atomic E-state index is 0.671. The Kier molecular flexibility index (Phi) is 6.98. The van der Waals surface area contributed by atoms with Crippen LogP contribution in [-0.2, 0) is 9.47 Å². The fourth-order valence-electron chi connectivity index (χ4n) is 0.926. The van der Waals surface area contributed by atoms with Crippen LogP contribution >= 0.6 is 0 Å². The highest BCUT2D eigenvalue weighted by Crippen LogP contribution is 2.07. The third-order valence-electron chi connectivity index (χ3n) is 1.71. The highest BCUT2D eigenvalue weighted by Gasteiger charge is 2.03. The first-order chi connectivity index (χ1) is 4.85. The molecule has 2 heteroatoms. The van der Waals surface area contributed by atoms with Crippen LogP contribution in [-0.4, -0.2) is 27.4 Å². The lowest BCUT2D eigenvalue weighted by molar-refractivity contribution is 0.116. The van der Waals surface area contributed by atoms with Crippen molar-refractivity contribution in [3.8, 4) is 0 Å². The second kappa shape index (κ2) is 7.03. The molecule has 0 unspecified atom stereocenters. The summed E-state index contributed by atoms with van der Waals surface area (Å²) in [6, 6.07) is 0. The van der Waals surface area contributed by atoms with Crippen molar-refractivity contribution in [2.75, 3.05) is 27.4 Å². The van der Waals surface area contributed by atoms with Gasteiger partial charge in [-0.25, -0.2) is 0 Å². The van der Waals surface area contributed by atoms with Crippen molar-refractivity contribution >= 4 is 0 Å². The van der Waals surface area contributed by atoms with Gasteiger partial charge in [0.2, 0.25) is 0 Å². The van der Waals surface area contributed by atoms with Gasteiger partial charge in [-0.15, -0.1) is 0 Å². The van der Waals surface area contributed by atoms with Crippen molar-refractivity contribution in [2.24, 2.45) is 5.92 Å². The van der Waals surface area contributed by atoms with Crippen molar-refractivity contribution in [2.45, 2.75) is 19.8 Å². The summed E-state index contributed by atoms with van der Waals surface area (Å²) in [5.41, 5.74) is 0. The van der Waals surface area contributed by atoms with Gasteiger partial charge in [-0.1, -0.05) is 13.3 Å². The second-order valence-corrected chi connectivity index (χ2v) is 2.51. The Labute approximate surface area is 63.5 Å². The molecular weight excluding hydrogens is 128 g/mol. The molecule has 0 aromatic carbocycles. The average Bonchev–Trinajstić information content (AvgIpc) is 1.98. The lowest BCUT2D eigenvalue weighted by Gasteiger charge is -2.11. The van der Waals surface area contributed by atoms with E-state index in [4.69, 9.17) is 9.47 Å². The van der Waals surface area contributed by atoms with Gasteiger partial charge < -0.3 is 9.47 Å². The van der Waals surface area contributed by atoms with E-state index in [1.807, 2.05) is 0 Å². The Bertz CT molecular complexity index is 64.3. The maximum absolute atomic E-state index is 5.04. The van der Waals surface area contributed by atoms with E-state index < -0.39 is 0 Å². The van der Waals surface area contributed by atoms with Crippen molar-refractivity contribution in [1.29, 1.82) is 0 Å². The number of ether oxygens (including phenoxy) is 2. The minimum Gasteiger partial charge on any atom is -0.385 e. The Hall–Kier alpha value is -0.0800. The van der Waals surface area contributed by atoms with Crippen molar-refractivity contribution in [3.63, 3.8) is 0 Å². The highest BCUT2D eigenvalue weighted by atomic mass is 16.5. The predicted octanol–water partition coefficient (Wildman–Crippen LogP) is 1.70. The molecule has 0 heterocycles. The first-order valence-electron chi connectivity index (χ1n) is 3.83. The molecule has 62 valence electrons. The van der Waals surface area contributed by atoms with Crippen molar-refractivity contribution in [3.05, 3.63) is 0 Å². The molecule has 0 spiro atoms. The van der Waals surface area contributed by atoms with Crippen LogP contribution in [0.4, 0.5) is 0 Å². The van der Waals surface area contributed by atoms with E-state index in [9.17, 15) is 0 Å². The first-order valence-corrected chi connectivity index (χ1v) is 3.83. The molecule has 0 aromatic heterocycles. The third kappa shape index (κ3) is 4.77. The molecule has 0 fully saturated rings. The molecule has 0 N–H and O–H groups in total. The SMILES string of the molecule is CC[C@H](CCOC)COC. The third-order valence-corrected chi connectivity index (χ3v) is 1.71. The molecule has 0 saturated carbocycles. The zero-order valence-corrected chi connectivity index (χ0v) is 7.22. The molecule has 0 amide bonds. The summed E-state index contributed by atoms with van der Waals surface area (Å²) < 4.78 is 10.0. The second-order valence-electron chi connectivity index (χ2n) is 2.51. The van der Waals surface area contributed by atoms with Crippen LogP contribution in [0.5, 0.6) is 0 Å². The van der Waals surface area contributed by atoms with E-state index in [-0.39, 0.29) is 0 Å². The van der Waals surface area contributed by atoms with E-state index in [1.165, 1.54) is 6.42 Å². The zero-order chi connectivity index (χ0) is 7.82.